The summed E-state index contributed by atoms with van der Waals surface area (Å²) in [5.74, 6) is -1.15. The highest BCUT2D eigenvalue weighted by Gasteiger charge is 2.22. The second kappa shape index (κ2) is 6.76. The number of rotatable bonds is 8. The molecule has 0 aromatic carbocycles. The molecule has 2 N–H and O–H groups in total. The van der Waals surface area contributed by atoms with E-state index >= 15 is 0 Å². The minimum absolute atomic E-state index is 0.214. The summed E-state index contributed by atoms with van der Waals surface area (Å²) in [6.07, 6.45) is 1.26. The van der Waals surface area contributed by atoms with Crippen molar-refractivity contribution in [3.63, 3.8) is 0 Å². The predicted octanol–water partition coefficient (Wildman–Crippen LogP) is 0.0274. The van der Waals surface area contributed by atoms with Crippen molar-refractivity contribution >= 4 is 16.2 Å². The van der Waals surface area contributed by atoms with Crippen LogP contribution in [0.25, 0.3) is 0 Å². The van der Waals surface area contributed by atoms with Gasteiger partial charge in [0, 0.05) is 13.1 Å². The van der Waals surface area contributed by atoms with Gasteiger partial charge in [-0.15, -0.1) is 0 Å². The number of carbonyl (C=O) groups is 1. The maximum Gasteiger partial charge on any atom is 0.318 e. The first-order chi connectivity index (χ1) is 6.94. The van der Waals surface area contributed by atoms with E-state index in [2.05, 4.69) is 4.72 Å². The van der Waals surface area contributed by atoms with E-state index in [1.807, 2.05) is 6.92 Å². The summed E-state index contributed by atoms with van der Waals surface area (Å²) in [7, 11) is -3.64. The van der Waals surface area contributed by atoms with E-state index in [4.69, 9.17) is 5.11 Å². The van der Waals surface area contributed by atoms with Crippen LogP contribution in [0.5, 0.6) is 0 Å². The highest BCUT2D eigenvalue weighted by Crippen LogP contribution is 1.99. The van der Waals surface area contributed by atoms with Gasteiger partial charge in [0.05, 0.1) is 0 Å². The zero-order valence-electron chi connectivity index (χ0n) is 9.06. The number of nitrogens with one attached hydrogen (secondary N) is 1. The Balaban J connectivity index is 4.51. The van der Waals surface area contributed by atoms with Crippen LogP contribution < -0.4 is 4.72 Å². The van der Waals surface area contributed by atoms with Crippen molar-refractivity contribution in [3.05, 3.63) is 0 Å². The molecule has 0 rings (SSSR count). The molecule has 0 unspecified atom stereocenters. The fourth-order valence-electron chi connectivity index (χ4n) is 1.01. The molecule has 0 spiro atoms. The Hall–Kier alpha value is -0.660. The Morgan fingerprint density at radius 2 is 1.93 bits per heavy atom. The molecule has 0 heterocycles. The van der Waals surface area contributed by atoms with Crippen molar-refractivity contribution < 1.29 is 18.3 Å². The SMILES string of the molecule is CCCNS(=O)(=O)N(CCC)CC(=O)O. The van der Waals surface area contributed by atoms with Gasteiger partial charge in [-0.2, -0.15) is 12.7 Å². The zero-order chi connectivity index (χ0) is 11.9. The summed E-state index contributed by atoms with van der Waals surface area (Å²) in [6.45, 7) is 3.68. The lowest BCUT2D eigenvalue weighted by Gasteiger charge is -2.19. The molecule has 0 saturated carbocycles. The van der Waals surface area contributed by atoms with Gasteiger partial charge in [0.1, 0.15) is 6.54 Å². The molecule has 0 aliphatic rings. The lowest BCUT2D eigenvalue weighted by Crippen LogP contribution is -2.43. The molecule has 7 heteroatoms. The summed E-state index contributed by atoms with van der Waals surface area (Å²) >= 11 is 0. The highest BCUT2D eigenvalue weighted by molar-refractivity contribution is 7.87. The van der Waals surface area contributed by atoms with E-state index in [1.165, 1.54) is 0 Å². The first-order valence-corrected chi connectivity index (χ1v) is 6.34. The molecule has 15 heavy (non-hydrogen) atoms. The molecule has 0 radical (unpaired) electrons. The Kier molecular flexibility index (Phi) is 6.46. The molecule has 90 valence electrons. The third kappa shape index (κ3) is 5.71. The summed E-state index contributed by atoms with van der Waals surface area (Å²) in [4.78, 5) is 10.5. The first-order valence-electron chi connectivity index (χ1n) is 4.90. The number of hydrogen-bond donors (Lipinski definition) is 2. The Morgan fingerprint density at radius 1 is 1.33 bits per heavy atom. The van der Waals surface area contributed by atoms with Crippen LogP contribution in [0, 0.1) is 0 Å². The molecule has 0 saturated heterocycles. The molecular weight excluding hydrogens is 220 g/mol. The average molecular weight is 238 g/mol. The van der Waals surface area contributed by atoms with Crippen molar-refractivity contribution in [3.8, 4) is 0 Å². The van der Waals surface area contributed by atoms with Crippen molar-refractivity contribution in [1.82, 2.24) is 9.03 Å². The summed E-state index contributed by atoms with van der Waals surface area (Å²) < 4.78 is 26.4. The van der Waals surface area contributed by atoms with E-state index < -0.39 is 22.7 Å². The molecule has 0 amide bonds. The van der Waals surface area contributed by atoms with E-state index in [-0.39, 0.29) is 6.54 Å². The number of carboxylic acids is 1. The monoisotopic (exact) mass is 238 g/mol. The standard InChI is InChI=1S/C8H18N2O4S/c1-3-5-9-15(13,14)10(6-4-2)7-8(11)12/h9H,3-7H2,1-2H3,(H,11,12). The fraction of sp³-hybridized carbons (Fsp3) is 0.875. The Morgan fingerprint density at radius 3 is 2.33 bits per heavy atom. The van der Waals surface area contributed by atoms with E-state index in [0.29, 0.717) is 19.4 Å². The topological polar surface area (TPSA) is 86.7 Å². The van der Waals surface area contributed by atoms with E-state index in [9.17, 15) is 13.2 Å². The van der Waals surface area contributed by atoms with Gasteiger partial charge in [0.15, 0.2) is 0 Å². The van der Waals surface area contributed by atoms with Crippen LogP contribution in [0.2, 0.25) is 0 Å². The smallest absolute Gasteiger partial charge is 0.318 e. The highest BCUT2D eigenvalue weighted by atomic mass is 32.2. The van der Waals surface area contributed by atoms with Crippen LogP contribution in [0.3, 0.4) is 0 Å². The molecule has 0 aromatic heterocycles. The molecule has 0 fully saturated rings. The van der Waals surface area contributed by atoms with Gasteiger partial charge in [-0.25, -0.2) is 4.72 Å². The quantitative estimate of drug-likeness (QED) is 0.624. The van der Waals surface area contributed by atoms with Gasteiger partial charge in [0.25, 0.3) is 10.2 Å². The van der Waals surface area contributed by atoms with Gasteiger partial charge in [-0.05, 0) is 12.8 Å². The Bertz CT molecular complexity index is 289. The minimum Gasteiger partial charge on any atom is -0.480 e. The molecule has 0 aliphatic carbocycles. The maximum atomic E-state index is 11.6. The largest absolute Gasteiger partial charge is 0.480 e. The fourth-order valence-corrected chi connectivity index (χ4v) is 2.35. The van der Waals surface area contributed by atoms with Crippen LogP contribution in [0.1, 0.15) is 26.7 Å². The lowest BCUT2D eigenvalue weighted by molar-refractivity contribution is -0.137. The van der Waals surface area contributed by atoms with Crippen LogP contribution in [-0.4, -0.2) is 43.4 Å². The van der Waals surface area contributed by atoms with Gasteiger partial charge >= 0.3 is 5.97 Å². The number of nitrogens with zero attached hydrogens (tertiary/aromatic N) is 1. The van der Waals surface area contributed by atoms with Gasteiger partial charge < -0.3 is 5.11 Å². The van der Waals surface area contributed by atoms with Crippen molar-refractivity contribution in [2.45, 2.75) is 26.7 Å². The van der Waals surface area contributed by atoms with E-state index in [1.54, 1.807) is 6.92 Å². The predicted molar refractivity (Wildman–Crippen MR) is 56.7 cm³/mol. The average Bonchev–Trinajstić information content (AvgIpc) is 2.13. The zero-order valence-corrected chi connectivity index (χ0v) is 9.88. The second-order valence-corrected chi connectivity index (χ2v) is 4.88. The van der Waals surface area contributed by atoms with E-state index in [0.717, 1.165) is 4.31 Å². The van der Waals surface area contributed by atoms with Gasteiger partial charge in [0.2, 0.25) is 0 Å². The lowest BCUT2D eigenvalue weighted by atomic mass is 10.5. The van der Waals surface area contributed by atoms with Crippen LogP contribution >= 0.6 is 0 Å². The normalized spacial score (nSPS) is 11.9. The second-order valence-electron chi connectivity index (χ2n) is 3.13. The summed E-state index contributed by atoms with van der Waals surface area (Å²) in [6, 6.07) is 0. The molecule has 0 bridgehead atoms. The van der Waals surface area contributed by atoms with Crippen LogP contribution in [-0.2, 0) is 15.0 Å². The third-order valence-electron chi connectivity index (χ3n) is 1.66. The van der Waals surface area contributed by atoms with Crippen LogP contribution in [0.4, 0.5) is 0 Å². The van der Waals surface area contributed by atoms with Crippen molar-refractivity contribution in [1.29, 1.82) is 0 Å². The molecule has 0 aliphatic heterocycles. The minimum atomic E-state index is -3.64. The number of carboxylic acid groups (broad SMARTS) is 1. The molecule has 0 aromatic rings. The van der Waals surface area contributed by atoms with Gasteiger partial charge in [-0.3, -0.25) is 4.79 Å². The number of aliphatic carboxylic acids is 1. The molecule has 6 nitrogen and oxygen atoms in total. The first kappa shape index (κ1) is 14.3. The van der Waals surface area contributed by atoms with Crippen LogP contribution in [0.15, 0.2) is 0 Å². The summed E-state index contributed by atoms with van der Waals surface area (Å²) in [5, 5.41) is 8.57. The maximum absolute atomic E-state index is 11.6. The molecular formula is C8H18N2O4S. The summed E-state index contributed by atoms with van der Waals surface area (Å²) in [5.41, 5.74) is 0. The van der Waals surface area contributed by atoms with Crippen molar-refractivity contribution in [2.75, 3.05) is 19.6 Å². The van der Waals surface area contributed by atoms with Crippen molar-refractivity contribution in [2.24, 2.45) is 0 Å². The Labute approximate surface area is 90.5 Å². The number of hydrogen-bond acceptors (Lipinski definition) is 3. The molecule has 0 atom stereocenters. The third-order valence-corrected chi connectivity index (χ3v) is 3.22. The van der Waals surface area contributed by atoms with Gasteiger partial charge in [-0.1, -0.05) is 13.8 Å².